The number of benzene rings is 1. The monoisotopic (exact) mass is 264 g/mol. The van der Waals surface area contributed by atoms with E-state index in [2.05, 4.69) is 12.2 Å². The lowest BCUT2D eigenvalue weighted by Crippen LogP contribution is -2.23. The normalized spacial score (nSPS) is 14.1. The van der Waals surface area contributed by atoms with Crippen LogP contribution in [-0.2, 0) is 17.6 Å². The molecule has 4 heteroatoms. The zero-order valence-electron chi connectivity index (χ0n) is 11.6. The van der Waals surface area contributed by atoms with Gasteiger partial charge in [0.25, 0.3) is 0 Å². The molecular weight excluding hydrogens is 243 g/mol. The Bertz CT molecular complexity index is 473. The standard InChI is InChI=1S/C15H21FN2O/c1-3-4-8-17-9-7-12-13(16)6-5-11-10-14(19)18(2)15(11)12/h5-6,17H,3-4,7-10H2,1-2H3. The largest absolute Gasteiger partial charge is 0.316 e. The zero-order valence-corrected chi connectivity index (χ0v) is 11.6. The van der Waals surface area contributed by atoms with E-state index in [0.717, 1.165) is 37.2 Å². The van der Waals surface area contributed by atoms with Crippen LogP contribution < -0.4 is 10.2 Å². The van der Waals surface area contributed by atoms with Crippen LogP contribution in [0.25, 0.3) is 0 Å². The number of hydrogen-bond acceptors (Lipinski definition) is 2. The highest BCUT2D eigenvalue weighted by atomic mass is 19.1. The highest BCUT2D eigenvalue weighted by Gasteiger charge is 2.27. The van der Waals surface area contributed by atoms with E-state index < -0.39 is 0 Å². The number of carbonyl (C=O) groups is 1. The van der Waals surface area contributed by atoms with E-state index in [4.69, 9.17) is 0 Å². The van der Waals surface area contributed by atoms with Gasteiger partial charge in [-0.25, -0.2) is 4.39 Å². The Morgan fingerprint density at radius 2 is 2.16 bits per heavy atom. The average Bonchev–Trinajstić information content (AvgIpc) is 2.68. The smallest absolute Gasteiger partial charge is 0.231 e. The fourth-order valence-corrected chi connectivity index (χ4v) is 2.50. The van der Waals surface area contributed by atoms with Crippen molar-refractivity contribution in [2.24, 2.45) is 0 Å². The Labute approximate surface area is 113 Å². The molecule has 1 aromatic carbocycles. The van der Waals surface area contributed by atoms with Gasteiger partial charge in [-0.3, -0.25) is 4.79 Å². The molecule has 0 aliphatic carbocycles. The van der Waals surface area contributed by atoms with Crippen molar-refractivity contribution in [2.45, 2.75) is 32.6 Å². The van der Waals surface area contributed by atoms with Crippen LogP contribution in [0.4, 0.5) is 10.1 Å². The summed E-state index contributed by atoms with van der Waals surface area (Å²) in [5.74, 6) is -0.168. The maximum atomic E-state index is 14.0. The lowest BCUT2D eigenvalue weighted by molar-refractivity contribution is -0.117. The summed E-state index contributed by atoms with van der Waals surface area (Å²) in [6.45, 7) is 3.85. The van der Waals surface area contributed by atoms with Crippen LogP contribution in [0.5, 0.6) is 0 Å². The molecule has 104 valence electrons. The SMILES string of the molecule is CCCCNCCc1c(F)ccc2c1N(C)C(=O)C2. The number of nitrogens with one attached hydrogen (secondary N) is 1. The number of hydrogen-bond donors (Lipinski definition) is 1. The molecule has 1 heterocycles. The molecule has 1 N–H and O–H groups in total. The molecule has 1 aliphatic heterocycles. The van der Waals surface area contributed by atoms with Crippen LogP contribution in [0.1, 0.15) is 30.9 Å². The molecule has 0 bridgehead atoms. The van der Waals surface area contributed by atoms with E-state index in [0.29, 0.717) is 18.4 Å². The molecule has 2 rings (SSSR count). The van der Waals surface area contributed by atoms with Crippen LogP contribution in [0.15, 0.2) is 12.1 Å². The van der Waals surface area contributed by atoms with Crippen molar-refractivity contribution in [1.29, 1.82) is 0 Å². The molecule has 0 spiro atoms. The van der Waals surface area contributed by atoms with E-state index >= 15 is 0 Å². The number of rotatable bonds is 6. The molecule has 19 heavy (non-hydrogen) atoms. The lowest BCUT2D eigenvalue weighted by atomic mass is 10.0. The molecule has 1 aromatic rings. The zero-order chi connectivity index (χ0) is 13.8. The molecule has 0 atom stereocenters. The summed E-state index contributed by atoms with van der Waals surface area (Å²) in [5.41, 5.74) is 2.38. The van der Waals surface area contributed by atoms with Gasteiger partial charge in [-0.05, 0) is 37.6 Å². The van der Waals surface area contributed by atoms with Crippen LogP contribution in [-0.4, -0.2) is 26.0 Å². The fourth-order valence-electron chi connectivity index (χ4n) is 2.50. The molecule has 1 aliphatic rings. The van der Waals surface area contributed by atoms with Crippen molar-refractivity contribution in [3.8, 4) is 0 Å². The van der Waals surface area contributed by atoms with Gasteiger partial charge >= 0.3 is 0 Å². The maximum Gasteiger partial charge on any atom is 0.231 e. The van der Waals surface area contributed by atoms with Crippen molar-refractivity contribution in [2.75, 3.05) is 25.0 Å². The summed E-state index contributed by atoms with van der Waals surface area (Å²) >= 11 is 0. The van der Waals surface area contributed by atoms with Crippen LogP contribution >= 0.6 is 0 Å². The number of unbranched alkanes of at least 4 members (excludes halogenated alkanes) is 1. The Hall–Kier alpha value is -1.42. The second-order valence-corrected chi connectivity index (χ2v) is 5.02. The first-order valence-corrected chi connectivity index (χ1v) is 6.92. The maximum absolute atomic E-state index is 14.0. The number of likely N-dealkylation sites (N-methyl/N-ethyl adjacent to an activating group) is 1. The van der Waals surface area contributed by atoms with Gasteiger partial charge in [0.05, 0.1) is 12.1 Å². The van der Waals surface area contributed by atoms with Gasteiger partial charge in [0.15, 0.2) is 0 Å². The van der Waals surface area contributed by atoms with Crippen molar-refractivity contribution < 1.29 is 9.18 Å². The predicted octanol–water partition coefficient (Wildman–Crippen LogP) is 2.28. The minimum atomic E-state index is -0.211. The lowest BCUT2D eigenvalue weighted by Gasteiger charge is -2.16. The topological polar surface area (TPSA) is 32.3 Å². The molecular formula is C15H21FN2O. The first-order valence-electron chi connectivity index (χ1n) is 6.92. The Kier molecular flexibility index (Phi) is 4.53. The van der Waals surface area contributed by atoms with Crippen molar-refractivity contribution in [3.05, 3.63) is 29.1 Å². The number of amides is 1. The number of nitrogens with zero attached hydrogens (tertiary/aromatic N) is 1. The average molecular weight is 264 g/mol. The van der Waals surface area contributed by atoms with Gasteiger partial charge in [-0.1, -0.05) is 19.4 Å². The van der Waals surface area contributed by atoms with E-state index in [1.807, 2.05) is 0 Å². The van der Waals surface area contributed by atoms with E-state index in [-0.39, 0.29) is 11.7 Å². The van der Waals surface area contributed by atoms with Crippen molar-refractivity contribution in [1.82, 2.24) is 5.32 Å². The Balaban J connectivity index is 2.08. The number of halogens is 1. The Morgan fingerprint density at radius 3 is 2.89 bits per heavy atom. The van der Waals surface area contributed by atoms with E-state index in [1.54, 1.807) is 18.0 Å². The summed E-state index contributed by atoms with van der Waals surface area (Å²) in [6, 6.07) is 3.20. The van der Waals surface area contributed by atoms with Crippen LogP contribution in [0.3, 0.4) is 0 Å². The molecule has 0 unspecified atom stereocenters. The molecule has 3 nitrogen and oxygen atoms in total. The highest BCUT2D eigenvalue weighted by molar-refractivity contribution is 6.01. The summed E-state index contributed by atoms with van der Waals surface area (Å²) in [6.07, 6.45) is 3.30. The highest BCUT2D eigenvalue weighted by Crippen LogP contribution is 2.33. The van der Waals surface area contributed by atoms with Crippen LogP contribution in [0.2, 0.25) is 0 Å². The Morgan fingerprint density at radius 1 is 1.37 bits per heavy atom. The first kappa shape index (κ1) is 14.0. The molecule has 0 saturated heterocycles. The third-order valence-electron chi connectivity index (χ3n) is 3.62. The minimum Gasteiger partial charge on any atom is -0.316 e. The molecule has 0 radical (unpaired) electrons. The number of anilines is 1. The van der Waals surface area contributed by atoms with Gasteiger partial charge < -0.3 is 10.2 Å². The molecule has 1 amide bonds. The summed E-state index contributed by atoms with van der Waals surface area (Å²) in [7, 11) is 1.72. The van der Waals surface area contributed by atoms with Gasteiger partial charge in [-0.15, -0.1) is 0 Å². The second kappa shape index (κ2) is 6.15. The van der Waals surface area contributed by atoms with Crippen molar-refractivity contribution in [3.63, 3.8) is 0 Å². The summed E-state index contributed by atoms with van der Waals surface area (Å²) < 4.78 is 14.0. The summed E-state index contributed by atoms with van der Waals surface area (Å²) in [4.78, 5) is 13.3. The number of carbonyl (C=O) groups excluding carboxylic acids is 1. The molecule has 0 aromatic heterocycles. The van der Waals surface area contributed by atoms with Crippen LogP contribution in [0, 0.1) is 5.82 Å². The fraction of sp³-hybridized carbons (Fsp3) is 0.533. The third-order valence-corrected chi connectivity index (χ3v) is 3.62. The van der Waals surface area contributed by atoms with E-state index in [1.165, 1.54) is 6.07 Å². The number of fused-ring (bicyclic) bond motifs is 1. The van der Waals surface area contributed by atoms with Gasteiger partial charge in [0.1, 0.15) is 5.82 Å². The first-order chi connectivity index (χ1) is 9.15. The molecule has 0 fully saturated rings. The minimum absolute atomic E-state index is 0.0424. The second-order valence-electron chi connectivity index (χ2n) is 5.02. The summed E-state index contributed by atoms with van der Waals surface area (Å²) in [5, 5.41) is 3.31. The quantitative estimate of drug-likeness (QED) is 0.799. The third kappa shape index (κ3) is 2.95. The van der Waals surface area contributed by atoms with Crippen molar-refractivity contribution >= 4 is 11.6 Å². The molecule has 0 saturated carbocycles. The van der Waals surface area contributed by atoms with Gasteiger partial charge in [0, 0.05) is 12.6 Å². The van der Waals surface area contributed by atoms with E-state index in [9.17, 15) is 9.18 Å². The van der Waals surface area contributed by atoms with Gasteiger partial charge in [0.2, 0.25) is 5.91 Å². The predicted molar refractivity (Wildman–Crippen MR) is 75.0 cm³/mol. The van der Waals surface area contributed by atoms with Gasteiger partial charge in [-0.2, -0.15) is 0 Å².